The van der Waals surface area contributed by atoms with E-state index in [4.69, 9.17) is 4.74 Å². The lowest BCUT2D eigenvalue weighted by Crippen LogP contribution is -2.31. The zero-order valence-electron chi connectivity index (χ0n) is 15.0. The molecular formula is C22H29O2S+. The van der Waals surface area contributed by atoms with E-state index in [1.807, 2.05) is 0 Å². The normalized spacial score (nSPS) is 30.4. The summed E-state index contributed by atoms with van der Waals surface area (Å²) in [5.74, 6) is 4.28. The van der Waals surface area contributed by atoms with Crippen LogP contribution in [0.2, 0.25) is 0 Å². The van der Waals surface area contributed by atoms with E-state index in [-0.39, 0.29) is 17.8 Å². The summed E-state index contributed by atoms with van der Waals surface area (Å²) in [7, 11) is 0.410. The van der Waals surface area contributed by atoms with Crippen molar-refractivity contribution in [3.05, 3.63) is 47.1 Å². The van der Waals surface area contributed by atoms with Gasteiger partial charge in [-0.3, -0.25) is 4.79 Å². The number of fused-ring (bicyclic) bond motifs is 1. The highest BCUT2D eigenvalue weighted by Crippen LogP contribution is 2.41. The number of carbonyl (C=O) groups is 1. The highest BCUT2D eigenvalue weighted by Gasteiger charge is 2.40. The standard InChI is InChI=1S/C22H29O2S/c23-22(17-9-3-1-4-10-17)24-20-13-14-21(25-15-7-2-8-16-25)19-12-6-5-11-18(19)20/h5-6,11-14,17-19H,1-4,7-10,15-16H2/q+1. The van der Waals surface area contributed by atoms with Crippen LogP contribution in [-0.4, -0.2) is 17.5 Å². The fourth-order valence-corrected chi connectivity index (χ4v) is 7.18. The van der Waals surface area contributed by atoms with Crippen molar-refractivity contribution in [3.8, 4) is 0 Å². The summed E-state index contributed by atoms with van der Waals surface area (Å²) in [6.07, 6.45) is 22.9. The number of allylic oxidation sites excluding steroid dienone is 7. The Morgan fingerprint density at radius 1 is 0.880 bits per heavy atom. The number of carbonyl (C=O) groups excluding carboxylic acids is 1. The molecule has 1 aliphatic heterocycles. The van der Waals surface area contributed by atoms with E-state index in [9.17, 15) is 4.79 Å². The molecule has 1 saturated heterocycles. The molecule has 2 atom stereocenters. The molecule has 0 amide bonds. The molecule has 2 fully saturated rings. The fraction of sp³-hybridized carbons (Fsp3) is 0.591. The van der Waals surface area contributed by atoms with Crippen molar-refractivity contribution in [3.63, 3.8) is 0 Å². The summed E-state index contributed by atoms with van der Waals surface area (Å²) >= 11 is 0. The minimum absolute atomic E-state index is 0.00428. The molecule has 2 nitrogen and oxygen atoms in total. The predicted octanol–water partition coefficient (Wildman–Crippen LogP) is 5.05. The van der Waals surface area contributed by atoms with Crippen molar-refractivity contribution in [1.29, 1.82) is 0 Å². The molecule has 0 aromatic heterocycles. The smallest absolute Gasteiger partial charge is 0.314 e. The van der Waals surface area contributed by atoms with Crippen LogP contribution in [0.5, 0.6) is 0 Å². The zero-order valence-corrected chi connectivity index (χ0v) is 15.8. The molecule has 3 heteroatoms. The second-order valence-electron chi connectivity index (χ2n) is 7.68. The van der Waals surface area contributed by atoms with Crippen LogP contribution in [0, 0.1) is 17.8 Å². The Bertz CT molecular complexity index is 616. The van der Waals surface area contributed by atoms with Crippen LogP contribution in [0.15, 0.2) is 47.1 Å². The zero-order chi connectivity index (χ0) is 17.1. The van der Waals surface area contributed by atoms with E-state index < -0.39 is 0 Å². The Kier molecular flexibility index (Phi) is 5.50. The molecular weight excluding hydrogens is 328 g/mol. The summed E-state index contributed by atoms with van der Waals surface area (Å²) in [5, 5.41) is 0. The van der Waals surface area contributed by atoms with Crippen LogP contribution < -0.4 is 0 Å². The average Bonchev–Trinajstić information content (AvgIpc) is 2.69. The minimum atomic E-state index is 0.00428. The average molecular weight is 358 g/mol. The third-order valence-electron chi connectivity index (χ3n) is 5.98. The maximum absolute atomic E-state index is 12.6. The Morgan fingerprint density at radius 2 is 1.56 bits per heavy atom. The van der Waals surface area contributed by atoms with Gasteiger partial charge in [0, 0.05) is 10.9 Å². The van der Waals surface area contributed by atoms with E-state index in [1.165, 1.54) is 50.0 Å². The lowest BCUT2D eigenvalue weighted by molar-refractivity contribution is -0.146. The first-order valence-corrected chi connectivity index (χ1v) is 11.6. The molecule has 0 aromatic rings. The Balaban J connectivity index is 1.51. The van der Waals surface area contributed by atoms with Crippen molar-refractivity contribution >= 4 is 16.9 Å². The van der Waals surface area contributed by atoms with Gasteiger partial charge in [-0.1, -0.05) is 43.6 Å². The third-order valence-corrected chi connectivity index (χ3v) is 8.61. The Labute approximate surface area is 154 Å². The van der Waals surface area contributed by atoms with Crippen LogP contribution in [0.4, 0.5) is 0 Å². The van der Waals surface area contributed by atoms with Gasteiger partial charge in [-0.15, -0.1) is 0 Å². The van der Waals surface area contributed by atoms with Gasteiger partial charge < -0.3 is 4.74 Å². The fourth-order valence-electron chi connectivity index (χ4n) is 4.53. The largest absolute Gasteiger partial charge is 0.430 e. The van der Waals surface area contributed by atoms with E-state index in [0.717, 1.165) is 18.6 Å². The summed E-state index contributed by atoms with van der Waals surface area (Å²) < 4.78 is 5.93. The van der Waals surface area contributed by atoms with Gasteiger partial charge >= 0.3 is 5.97 Å². The van der Waals surface area contributed by atoms with Gasteiger partial charge in [-0.05, 0) is 44.3 Å². The third kappa shape index (κ3) is 3.81. The number of rotatable bonds is 3. The van der Waals surface area contributed by atoms with Gasteiger partial charge in [0.15, 0.2) is 0 Å². The summed E-state index contributed by atoms with van der Waals surface area (Å²) in [5.41, 5.74) is 0. The second-order valence-corrected chi connectivity index (χ2v) is 9.95. The van der Waals surface area contributed by atoms with Crippen molar-refractivity contribution in [2.75, 3.05) is 11.5 Å². The highest BCUT2D eigenvalue weighted by atomic mass is 32.2. The number of hydrogen-bond donors (Lipinski definition) is 0. The first-order valence-electron chi connectivity index (χ1n) is 9.99. The van der Waals surface area contributed by atoms with Crippen LogP contribution in [-0.2, 0) is 20.4 Å². The van der Waals surface area contributed by atoms with Gasteiger partial charge in [0.05, 0.1) is 17.8 Å². The molecule has 25 heavy (non-hydrogen) atoms. The molecule has 0 spiro atoms. The van der Waals surface area contributed by atoms with Crippen LogP contribution in [0.3, 0.4) is 0 Å². The first-order chi connectivity index (χ1) is 12.3. The monoisotopic (exact) mass is 357 g/mol. The van der Waals surface area contributed by atoms with Crippen molar-refractivity contribution < 1.29 is 9.53 Å². The Hall–Kier alpha value is -1.22. The molecule has 0 radical (unpaired) electrons. The summed E-state index contributed by atoms with van der Waals surface area (Å²) in [4.78, 5) is 14.2. The topological polar surface area (TPSA) is 26.3 Å². The first kappa shape index (κ1) is 17.2. The Morgan fingerprint density at radius 3 is 2.32 bits per heavy atom. The van der Waals surface area contributed by atoms with E-state index in [0.29, 0.717) is 16.8 Å². The molecule has 0 bridgehead atoms. The molecule has 0 N–H and O–H groups in total. The van der Waals surface area contributed by atoms with Crippen molar-refractivity contribution in [1.82, 2.24) is 0 Å². The van der Waals surface area contributed by atoms with Gasteiger partial charge in [0.25, 0.3) is 0 Å². The second kappa shape index (κ2) is 7.99. The molecule has 1 heterocycles. The molecule has 4 rings (SSSR count). The van der Waals surface area contributed by atoms with Crippen LogP contribution in [0.1, 0.15) is 51.4 Å². The molecule has 134 valence electrons. The van der Waals surface area contributed by atoms with Gasteiger partial charge in [0.2, 0.25) is 0 Å². The van der Waals surface area contributed by atoms with E-state index in [2.05, 4.69) is 36.5 Å². The molecule has 2 unspecified atom stereocenters. The molecule has 4 aliphatic rings. The number of hydrogen-bond acceptors (Lipinski definition) is 2. The van der Waals surface area contributed by atoms with Gasteiger partial charge in [-0.25, -0.2) is 0 Å². The maximum atomic E-state index is 12.6. The van der Waals surface area contributed by atoms with E-state index in [1.54, 1.807) is 4.91 Å². The van der Waals surface area contributed by atoms with Crippen molar-refractivity contribution in [2.45, 2.75) is 51.4 Å². The lowest BCUT2D eigenvalue weighted by Gasteiger charge is -2.31. The number of esters is 1. The lowest BCUT2D eigenvalue weighted by atomic mass is 9.83. The van der Waals surface area contributed by atoms with Gasteiger partial charge in [-0.2, -0.15) is 0 Å². The maximum Gasteiger partial charge on any atom is 0.314 e. The molecule has 1 saturated carbocycles. The highest BCUT2D eigenvalue weighted by molar-refractivity contribution is 8.00. The molecule has 3 aliphatic carbocycles. The van der Waals surface area contributed by atoms with Crippen molar-refractivity contribution in [2.24, 2.45) is 17.8 Å². The van der Waals surface area contributed by atoms with Crippen LogP contribution in [0.25, 0.3) is 0 Å². The van der Waals surface area contributed by atoms with Gasteiger partial charge in [0.1, 0.15) is 22.2 Å². The quantitative estimate of drug-likeness (QED) is 0.522. The summed E-state index contributed by atoms with van der Waals surface area (Å²) in [6, 6.07) is 0. The van der Waals surface area contributed by atoms with Crippen LogP contribution >= 0.6 is 0 Å². The SMILES string of the molecule is O=C(OC1=CC=C([S+]2CCCCC2)C2C=CC=CC12)C1CCCCC1. The summed E-state index contributed by atoms with van der Waals surface area (Å²) in [6.45, 7) is 0. The predicted molar refractivity (Wildman–Crippen MR) is 105 cm³/mol. The van der Waals surface area contributed by atoms with E-state index >= 15 is 0 Å². The molecule has 0 aromatic carbocycles. The minimum Gasteiger partial charge on any atom is -0.430 e. The number of ether oxygens (including phenoxy) is 1.